The molecule has 3 rings (SSSR count). The molecule has 0 fully saturated rings. The molecule has 0 aliphatic rings. The van der Waals surface area contributed by atoms with Crippen molar-refractivity contribution in [1.82, 2.24) is 14.9 Å². The van der Waals surface area contributed by atoms with Crippen molar-refractivity contribution in [2.75, 3.05) is 6.61 Å². The standard InChI is InChI=1S/C24H25N3O3/c1-17(29)24-25-13-14-27(24)23(16-28)12-7-19-3-8-21(9-4-19)22-10-5-20(6-11-22)15-26-18(2)30/h3-6,8-11,13-14,17,23,28-29H,15-16H2,1-2H3,(H,26,30)/t17-,23-/m0/s1. The molecule has 6 heteroatoms. The number of nitrogens with zero attached hydrogens (tertiary/aromatic N) is 2. The Morgan fingerprint density at radius 3 is 2.33 bits per heavy atom. The Bertz CT molecular complexity index is 1040. The summed E-state index contributed by atoms with van der Waals surface area (Å²) in [6.07, 6.45) is 2.55. The molecule has 0 spiro atoms. The molecule has 3 aromatic rings. The van der Waals surface area contributed by atoms with Crippen LogP contribution >= 0.6 is 0 Å². The third kappa shape index (κ3) is 5.35. The van der Waals surface area contributed by atoms with Crippen LogP contribution in [0.4, 0.5) is 0 Å². The Morgan fingerprint density at radius 2 is 1.77 bits per heavy atom. The van der Waals surface area contributed by atoms with Crippen molar-refractivity contribution in [3.05, 3.63) is 77.9 Å². The predicted molar refractivity (Wildman–Crippen MR) is 115 cm³/mol. The Labute approximate surface area is 176 Å². The lowest BCUT2D eigenvalue weighted by molar-refractivity contribution is -0.119. The number of nitrogens with one attached hydrogen (secondary N) is 1. The Kier molecular flexibility index (Phi) is 7.02. The van der Waals surface area contributed by atoms with Gasteiger partial charge in [0.05, 0.1) is 6.61 Å². The van der Waals surface area contributed by atoms with E-state index in [0.29, 0.717) is 12.4 Å². The summed E-state index contributed by atoms with van der Waals surface area (Å²) in [7, 11) is 0. The first kappa shape index (κ1) is 21.3. The fourth-order valence-electron chi connectivity index (χ4n) is 3.07. The Hall–Kier alpha value is -3.40. The van der Waals surface area contributed by atoms with Gasteiger partial charge in [0.15, 0.2) is 0 Å². The van der Waals surface area contributed by atoms with Crippen molar-refractivity contribution in [1.29, 1.82) is 0 Å². The van der Waals surface area contributed by atoms with E-state index in [1.807, 2.05) is 48.5 Å². The van der Waals surface area contributed by atoms with Gasteiger partial charge in [-0.15, -0.1) is 0 Å². The molecule has 1 heterocycles. The molecule has 0 aliphatic carbocycles. The molecule has 0 saturated carbocycles. The highest BCUT2D eigenvalue weighted by atomic mass is 16.3. The highest BCUT2D eigenvalue weighted by Gasteiger charge is 2.14. The predicted octanol–water partition coefficient (Wildman–Crippen LogP) is 2.82. The SMILES string of the molecule is CC(=O)NCc1ccc(-c2ccc(C#C[C@@H](CO)n3ccnc3[C@H](C)O)cc2)cc1. The Morgan fingerprint density at radius 1 is 1.13 bits per heavy atom. The number of aliphatic hydroxyl groups excluding tert-OH is 2. The van der Waals surface area contributed by atoms with Gasteiger partial charge in [-0.05, 0) is 35.7 Å². The number of aliphatic hydroxyl groups is 2. The number of carbonyl (C=O) groups excluding carboxylic acids is 1. The Balaban J connectivity index is 1.72. The highest BCUT2D eigenvalue weighted by Crippen LogP contribution is 2.21. The van der Waals surface area contributed by atoms with Crippen molar-refractivity contribution >= 4 is 5.91 Å². The third-order valence-electron chi connectivity index (χ3n) is 4.68. The van der Waals surface area contributed by atoms with Crippen molar-refractivity contribution in [3.63, 3.8) is 0 Å². The van der Waals surface area contributed by atoms with Crippen molar-refractivity contribution in [2.45, 2.75) is 32.5 Å². The molecule has 1 amide bonds. The lowest BCUT2D eigenvalue weighted by Crippen LogP contribution is -2.18. The second-order valence-corrected chi connectivity index (χ2v) is 7.02. The summed E-state index contributed by atoms with van der Waals surface area (Å²) in [6, 6.07) is 15.4. The first-order chi connectivity index (χ1) is 14.5. The summed E-state index contributed by atoms with van der Waals surface area (Å²) in [6.45, 7) is 3.48. The molecule has 0 unspecified atom stereocenters. The molecule has 6 nitrogen and oxygen atoms in total. The molecule has 30 heavy (non-hydrogen) atoms. The first-order valence-electron chi connectivity index (χ1n) is 9.75. The zero-order chi connectivity index (χ0) is 21.5. The van der Waals surface area contributed by atoms with E-state index in [2.05, 4.69) is 22.1 Å². The fourth-order valence-corrected chi connectivity index (χ4v) is 3.07. The van der Waals surface area contributed by atoms with E-state index in [4.69, 9.17) is 0 Å². The van der Waals surface area contributed by atoms with Crippen LogP contribution in [0.15, 0.2) is 60.9 Å². The number of amides is 1. The lowest BCUT2D eigenvalue weighted by atomic mass is 10.0. The minimum atomic E-state index is -0.736. The van der Waals surface area contributed by atoms with Crippen molar-refractivity contribution in [2.24, 2.45) is 0 Å². The minimum Gasteiger partial charge on any atom is -0.393 e. The summed E-state index contributed by atoms with van der Waals surface area (Å²) < 4.78 is 1.69. The number of imidazole rings is 1. The van der Waals surface area contributed by atoms with Gasteiger partial charge in [-0.25, -0.2) is 4.98 Å². The van der Waals surface area contributed by atoms with Gasteiger partial charge in [0.1, 0.15) is 18.0 Å². The van der Waals surface area contributed by atoms with E-state index >= 15 is 0 Å². The van der Waals surface area contributed by atoms with E-state index in [9.17, 15) is 15.0 Å². The van der Waals surface area contributed by atoms with Gasteiger partial charge < -0.3 is 20.1 Å². The van der Waals surface area contributed by atoms with E-state index < -0.39 is 12.1 Å². The van der Waals surface area contributed by atoms with Crippen LogP contribution in [-0.4, -0.2) is 32.3 Å². The average molecular weight is 403 g/mol. The largest absolute Gasteiger partial charge is 0.393 e. The second kappa shape index (κ2) is 9.88. The van der Waals surface area contributed by atoms with E-state index in [0.717, 1.165) is 22.3 Å². The molecule has 1 aromatic heterocycles. The van der Waals surface area contributed by atoms with E-state index in [1.54, 1.807) is 23.9 Å². The van der Waals surface area contributed by atoms with Crippen molar-refractivity contribution in [3.8, 4) is 23.0 Å². The molecule has 3 N–H and O–H groups in total. The van der Waals surface area contributed by atoms with Crippen LogP contribution in [-0.2, 0) is 11.3 Å². The number of hydrogen-bond acceptors (Lipinski definition) is 4. The summed E-state index contributed by atoms with van der Waals surface area (Å²) in [4.78, 5) is 15.1. The van der Waals surface area contributed by atoms with Gasteiger partial charge in [-0.2, -0.15) is 0 Å². The zero-order valence-corrected chi connectivity index (χ0v) is 17.0. The maximum Gasteiger partial charge on any atom is 0.217 e. The third-order valence-corrected chi connectivity index (χ3v) is 4.68. The number of benzene rings is 2. The minimum absolute atomic E-state index is 0.0469. The van der Waals surface area contributed by atoms with Gasteiger partial charge in [0, 0.05) is 31.4 Å². The topological polar surface area (TPSA) is 87.4 Å². The summed E-state index contributed by atoms with van der Waals surface area (Å²) in [5, 5.41) is 22.3. The van der Waals surface area contributed by atoms with Crippen LogP contribution in [0.25, 0.3) is 11.1 Å². The van der Waals surface area contributed by atoms with Gasteiger partial charge in [0.25, 0.3) is 0 Å². The van der Waals surface area contributed by atoms with Crippen LogP contribution in [0.3, 0.4) is 0 Å². The quantitative estimate of drug-likeness (QED) is 0.553. The van der Waals surface area contributed by atoms with Crippen LogP contribution < -0.4 is 5.32 Å². The molecule has 2 atom stereocenters. The maximum atomic E-state index is 11.0. The van der Waals surface area contributed by atoms with Gasteiger partial charge in [0.2, 0.25) is 5.91 Å². The molecular formula is C24H25N3O3. The normalized spacial score (nSPS) is 12.5. The average Bonchev–Trinajstić information content (AvgIpc) is 3.24. The molecule has 2 aromatic carbocycles. The zero-order valence-electron chi connectivity index (χ0n) is 17.0. The van der Waals surface area contributed by atoms with Crippen LogP contribution in [0, 0.1) is 11.8 Å². The smallest absolute Gasteiger partial charge is 0.217 e. The van der Waals surface area contributed by atoms with Crippen LogP contribution in [0.1, 0.15) is 42.9 Å². The number of carbonyl (C=O) groups is 1. The molecule has 0 radical (unpaired) electrons. The molecule has 0 aliphatic heterocycles. The summed E-state index contributed by atoms with van der Waals surface area (Å²) in [5.41, 5.74) is 4.02. The van der Waals surface area contributed by atoms with Crippen LogP contribution in [0.2, 0.25) is 0 Å². The van der Waals surface area contributed by atoms with E-state index in [1.165, 1.54) is 6.92 Å². The first-order valence-corrected chi connectivity index (χ1v) is 9.75. The van der Waals surface area contributed by atoms with Crippen LogP contribution in [0.5, 0.6) is 0 Å². The molecule has 154 valence electrons. The highest BCUT2D eigenvalue weighted by molar-refractivity contribution is 5.72. The molecule has 0 bridgehead atoms. The molecule has 0 saturated heterocycles. The van der Waals surface area contributed by atoms with Gasteiger partial charge in [-0.3, -0.25) is 4.79 Å². The number of hydrogen-bond donors (Lipinski definition) is 3. The molecular weight excluding hydrogens is 378 g/mol. The summed E-state index contributed by atoms with van der Waals surface area (Å²) in [5.74, 6) is 6.56. The lowest BCUT2D eigenvalue weighted by Gasteiger charge is -2.14. The second-order valence-electron chi connectivity index (χ2n) is 7.02. The number of rotatable bonds is 6. The maximum absolute atomic E-state index is 11.0. The van der Waals surface area contributed by atoms with Gasteiger partial charge >= 0.3 is 0 Å². The monoisotopic (exact) mass is 403 g/mol. The summed E-state index contributed by atoms with van der Waals surface area (Å²) >= 11 is 0. The fraction of sp³-hybridized carbons (Fsp3) is 0.250. The van der Waals surface area contributed by atoms with Gasteiger partial charge in [-0.1, -0.05) is 48.2 Å². The van der Waals surface area contributed by atoms with E-state index in [-0.39, 0.29) is 12.5 Å². The number of aromatic nitrogens is 2. The van der Waals surface area contributed by atoms with Crippen molar-refractivity contribution < 1.29 is 15.0 Å².